The van der Waals surface area contributed by atoms with Gasteiger partial charge in [0.15, 0.2) is 6.61 Å². The fourth-order valence-corrected chi connectivity index (χ4v) is 4.45. The van der Waals surface area contributed by atoms with Crippen LogP contribution in [0.4, 0.5) is 0 Å². The molecule has 0 saturated carbocycles. The Morgan fingerprint density at radius 3 is 2.37 bits per heavy atom. The molecule has 0 aliphatic heterocycles. The molecule has 27 heavy (non-hydrogen) atoms. The number of hydrogen-bond acceptors (Lipinski definition) is 5. The molecule has 7 nitrogen and oxygen atoms in total. The smallest absolute Gasteiger partial charge is 0.338 e. The Bertz CT molecular complexity index is 757. The first-order chi connectivity index (χ1) is 12.7. The molecule has 0 aliphatic rings. The first-order valence-electron chi connectivity index (χ1n) is 9.24. The Morgan fingerprint density at radius 2 is 1.81 bits per heavy atom. The summed E-state index contributed by atoms with van der Waals surface area (Å²) in [5.41, 5.74) is 0.644. The zero-order chi connectivity index (χ0) is 20.6. The van der Waals surface area contributed by atoms with Crippen LogP contribution < -0.4 is 5.32 Å². The first kappa shape index (κ1) is 23.1. The zero-order valence-corrected chi connectivity index (χ0v) is 17.6. The summed E-state index contributed by atoms with van der Waals surface area (Å²) in [6, 6.07) is 4.38. The minimum absolute atomic E-state index is 0.00592. The van der Waals surface area contributed by atoms with Gasteiger partial charge in [0.05, 0.1) is 10.5 Å². The lowest BCUT2D eigenvalue weighted by atomic mass is 10.1. The topological polar surface area (TPSA) is 92.8 Å². The van der Waals surface area contributed by atoms with Crippen molar-refractivity contribution in [1.29, 1.82) is 0 Å². The average Bonchev–Trinajstić information content (AvgIpc) is 2.60. The van der Waals surface area contributed by atoms with Gasteiger partial charge in [-0.1, -0.05) is 33.3 Å². The van der Waals surface area contributed by atoms with Crippen LogP contribution in [0.15, 0.2) is 23.1 Å². The van der Waals surface area contributed by atoms with Gasteiger partial charge < -0.3 is 10.1 Å². The number of esters is 1. The van der Waals surface area contributed by atoms with Crippen LogP contribution in [0.25, 0.3) is 0 Å². The summed E-state index contributed by atoms with van der Waals surface area (Å²) < 4.78 is 31.9. The van der Waals surface area contributed by atoms with Crippen molar-refractivity contribution in [3.63, 3.8) is 0 Å². The summed E-state index contributed by atoms with van der Waals surface area (Å²) in [6.07, 6.45) is 1.78. The Labute approximate surface area is 162 Å². The highest BCUT2D eigenvalue weighted by Crippen LogP contribution is 2.21. The molecule has 0 spiro atoms. The number of benzene rings is 1. The van der Waals surface area contributed by atoms with Crippen LogP contribution >= 0.6 is 0 Å². The predicted molar refractivity (Wildman–Crippen MR) is 104 cm³/mol. The van der Waals surface area contributed by atoms with Crippen molar-refractivity contribution >= 4 is 21.9 Å². The molecular weight excluding hydrogens is 368 g/mol. The van der Waals surface area contributed by atoms with Gasteiger partial charge in [0.2, 0.25) is 10.0 Å². The monoisotopic (exact) mass is 398 g/mol. The van der Waals surface area contributed by atoms with E-state index in [0.717, 1.165) is 12.8 Å². The minimum Gasteiger partial charge on any atom is -0.452 e. The van der Waals surface area contributed by atoms with Gasteiger partial charge in [-0.3, -0.25) is 4.79 Å². The molecule has 0 heterocycles. The van der Waals surface area contributed by atoms with Crippen molar-refractivity contribution < 1.29 is 22.7 Å². The molecule has 1 atom stereocenters. The van der Waals surface area contributed by atoms with Gasteiger partial charge in [0.25, 0.3) is 5.91 Å². The number of rotatable bonds is 10. The third-order valence-corrected chi connectivity index (χ3v) is 6.40. The minimum atomic E-state index is -3.70. The zero-order valence-electron chi connectivity index (χ0n) is 16.7. The van der Waals surface area contributed by atoms with Crippen molar-refractivity contribution in [2.75, 3.05) is 19.7 Å². The lowest BCUT2D eigenvalue weighted by molar-refractivity contribution is -0.124. The number of ether oxygens (including phenoxy) is 1. The van der Waals surface area contributed by atoms with Crippen LogP contribution in [-0.4, -0.2) is 50.3 Å². The number of nitrogens with one attached hydrogen (secondary N) is 1. The van der Waals surface area contributed by atoms with E-state index in [1.165, 1.54) is 16.4 Å². The Balaban J connectivity index is 2.90. The van der Waals surface area contributed by atoms with E-state index in [2.05, 4.69) is 5.32 Å². The lowest BCUT2D eigenvalue weighted by Gasteiger charge is -2.20. The van der Waals surface area contributed by atoms with Gasteiger partial charge in [0, 0.05) is 19.1 Å². The van der Waals surface area contributed by atoms with Crippen LogP contribution in [0.2, 0.25) is 0 Å². The second-order valence-corrected chi connectivity index (χ2v) is 8.31. The lowest BCUT2D eigenvalue weighted by Crippen LogP contribution is -2.35. The number of sulfonamides is 1. The first-order valence-corrected chi connectivity index (χ1v) is 10.7. The molecule has 1 amide bonds. The number of carbonyl (C=O) groups excluding carboxylic acids is 2. The van der Waals surface area contributed by atoms with Gasteiger partial charge >= 0.3 is 5.97 Å². The third-order valence-electron chi connectivity index (χ3n) is 4.21. The van der Waals surface area contributed by atoms with E-state index in [-0.39, 0.29) is 22.4 Å². The molecule has 0 unspecified atom stereocenters. The molecule has 0 radical (unpaired) electrons. The van der Waals surface area contributed by atoms with Gasteiger partial charge in [0.1, 0.15) is 0 Å². The largest absolute Gasteiger partial charge is 0.452 e. The van der Waals surface area contributed by atoms with Crippen molar-refractivity contribution in [2.45, 2.75) is 58.4 Å². The maximum absolute atomic E-state index is 12.7. The molecule has 0 saturated heterocycles. The van der Waals surface area contributed by atoms with E-state index in [1.54, 1.807) is 26.8 Å². The number of aryl methyl sites for hydroxylation is 1. The average molecular weight is 399 g/mol. The van der Waals surface area contributed by atoms with Crippen molar-refractivity contribution in [3.05, 3.63) is 29.3 Å². The summed E-state index contributed by atoms with van der Waals surface area (Å²) in [7, 11) is -3.70. The van der Waals surface area contributed by atoms with E-state index in [4.69, 9.17) is 4.74 Å². The van der Waals surface area contributed by atoms with E-state index >= 15 is 0 Å². The van der Waals surface area contributed by atoms with E-state index in [0.29, 0.717) is 18.7 Å². The van der Waals surface area contributed by atoms with Gasteiger partial charge in [-0.25, -0.2) is 13.2 Å². The second kappa shape index (κ2) is 10.4. The third kappa shape index (κ3) is 6.32. The fourth-order valence-electron chi connectivity index (χ4n) is 2.74. The van der Waals surface area contributed by atoms with Crippen molar-refractivity contribution in [3.8, 4) is 0 Å². The number of nitrogens with zero attached hydrogens (tertiary/aromatic N) is 1. The SMILES string of the molecule is CCC[C@H](C)NC(=O)COC(=O)c1ccc(C)c(S(=O)(=O)N(CC)CC)c1. The molecule has 1 aromatic rings. The van der Waals surface area contributed by atoms with Crippen LogP contribution in [0.1, 0.15) is 56.5 Å². The second-order valence-electron chi connectivity index (χ2n) is 6.40. The molecule has 1 N–H and O–H groups in total. The summed E-state index contributed by atoms with van der Waals surface area (Å²) in [5, 5.41) is 2.74. The number of carbonyl (C=O) groups is 2. The Kier molecular flexibility index (Phi) is 8.92. The standard InChI is InChI=1S/C19H30N2O5S/c1-6-9-15(5)20-18(22)13-26-19(23)16-11-10-14(4)17(12-16)27(24,25)21(7-2)8-3/h10-12,15H,6-9,13H2,1-5H3,(H,20,22)/t15-/m0/s1. The van der Waals surface area contributed by atoms with Crippen molar-refractivity contribution in [2.24, 2.45) is 0 Å². The van der Waals surface area contributed by atoms with Gasteiger partial charge in [-0.05, 0) is 38.0 Å². The maximum atomic E-state index is 12.7. The van der Waals surface area contributed by atoms with Crippen LogP contribution in [0.5, 0.6) is 0 Å². The molecule has 8 heteroatoms. The van der Waals surface area contributed by atoms with E-state index in [1.807, 2.05) is 13.8 Å². The summed E-state index contributed by atoms with van der Waals surface area (Å²) in [4.78, 5) is 24.1. The highest BCUT2D eigenvalue weighted by atomic mass is 32.2. The maximum Gasteiger partial charge on any atom is 0.338 e. The van der Waals surface area contributed by atoms with E-state index < -0.39 is 22.6 Å². The van der Waals surface area contributed by atoms with Gasteiger partial charge in [-0.15, -0.1) is 0 Å². The normalized spacial score (nSPS) is 12.7. The highest BCUT2D eigenvalue weighted by molar-refractivity contribution is 7.89. The molecule has 152 valence electrons. The van der Waals surface area contributed by atoms with Crippen molar-refractivity contribution in [1.82, 2.24) is 9.62 Å². The number of amides is 1. The molecule has 0 aliphatic carbocycles. The van der Waals surface area contributed by atoms with Gasteiger partial charge in [-0.2, -0.15) is 4.31 Å². The van der Waals surface area contributed by atoms with E-state index in [9.17, 15) is 18.0 Å². The van der Waals surface area contributed by atoms with Crippen LogP contribution in [0, 0.1) is 6.92 Å². The molecular formula is C19H30N2O5S. The molecule has 0 aromatic heterocycles. The van der Waals surface area contributed by atoms with Crippen LogP contribution in [0.3, 0.4) is 0 Å². The summed E-state index contributed by atoms with van der Waals surface area (Å²) >= 11 is 0. The molecule has 0 fully saturated rings. The highest BCUT2D eigenvalue weighted by Gasteiger charge is 2.25. The molecule has 1 aromatic carbocycles. The molecule has 1 rings (SSSR count). The number of hydrogen-bond donors (Lipinski definition) is 1. The summed E-state index contributed by atoms with van der Waals surface area (Å²) in [5.74, 6) is -1.11. The Morgan fingerprint density at radius 1 is 1.19 bits per heavy atom. The Hall–Kier alpha value is -1.93. The quantitative estimate of drug-likeness (QED) is 0.611. The predicted octanol–water partition coefficient (Wildman–Crippen LogP) is 2.49. The molecule has 0 bridgehead atoms. The summed E-state index contributed by atoms with van der Waals surface area (Å²) in [6.45, 7) is 9.36. The van der Waals surface area contributed by atoms with Crippen LogP contribution in [-0.2, 0) is 19.6 Å². The fraction of sp³-hybridized carbons (Fsp3) is 0.579.